The summed E-state index contributed by atoms with van der Waals surface area (Å²) in [4.78, 5) is 22.4. The minimum atomic E-state index is -0.483. The van der Waals surface area contributed by atoms with Gasteiger partial charge in [0.2, 0.25) is 0 Å². The quantitative estimate of drug-likeness (QED) is 0.552. The first-order chi connectivity index (χ1) is 11.9. The van der Waals surface area contributed by atoms with Crippen molar-refractivity contribution in [2.24, 2.45) is 0 Å². The van der Waals surface area contributed by atoms with Gasteiger partial charge >= 0.3 is 0 Å². The van der Waals surface area contributed by atoms with E-state index in [-0.39, 0.29) is 24.0 Å². The highest BCUT2D eigenvalue weighted by atomic mass is 35.5. The molecule has 0 fully saturated rings. The Morgan fingerprint density at radius 3 is 2.19 bits per heavy atom. The van der Waals surface area contributed by atoms with Crippen LogP contribution in [0, 0.1) is 24.0 Å². The van der Waals surface area contributed by atoms with Gasteiger partial charge in [-0.15, -0.1) is 12.4 Å². The van der Waals surface area contributed by atoms with Gasteiger partial charge in [0, 0.05) is 29.1 Å². The summed E-state index contributed by atoms with van der Waals surface area (Å²) < 4.78 is 1.81. The van der Waals surface area contributed by atoms with Crippen molar-refractivity contribution in [3.05, 3.63) is 81.7 Å². The Labute approximate surface area is 156 Å². The van der Waals surface area contributed by atoms with Crippen LogP contribution in [0.4, 0.5) is 11.4 Å². The third kappa shape index (κ3) is 4.07. The fraction of sp³-hybridized carbons (Fsp3) is 0.111. The summed E-state index contributed by atoms with van der Waals surface area (Å²) in [6, 6.07) is 14.8. The van der Waals surface area contributed by atoms with E-state index in [1.165, 1.54) is 24.3 Å². The zero-order chi connectivity index (χ0) is 18.0. The lowest BCUT2D eigenvalue weighted by molar-refractivity contribution is -0.384. The van der Waals surface area contributed by atoms with Crippen LogP contribution >= 0.6 is 12.4 Å². The number of hydrogen-bond donors (Lipinski definition) is 1. The molecule has 0 saturated heterocycles. The third-order valence-corrected chi connectivity index (χ3v) is 3.72. The number of halogens is 1. The summed E-state index contributed by atoms with van der Waals surface area (Å²) in [6.45, 7) is 3.89. The van der Waals surface area contributed by atoms with Gasteiger partial charge in [0.1, 0.15) is 0 Å². The predicted molar refractivity (Wildman–Crippen MR) is 101 cm³/mol. The van der Waals surface area contributed by atoms with Crippen molar-refractivity contribution >= 4 is 29.7 Å². The van der Waals surface area contributed by atoms with Crippen LogP contribution in [-0.2, 0) is 0 Å². The molecule has 0 unspecified atom stereocenters. The first-order valence-corrected chi connectivity index (χ1v) is 7.63. The minimum Gasteiger partial charge on any atom is -0.322 e. The number of nitro groups is 1. The Balaban J connectivity index is 0.00000243. The molecule has 0 radical (unpaired) electrons. The molecule has 1 heterocycles. The zero-order valence-corrected chi connectivity index (χ0v) is 15.0. The second-order valence-electron chi connectivity index (χ2n) is 5.64. The molecular weight excluding hydrogens is 356 g/mol. The smallest absolute Gasteiger partial charge is 0.269 e. The summed E-state index contributed by atoms with van der Waals surface area (Å²) in [5.74, 6) is -0.284. The van der Waals surface area contributed by atoms with E-state index in [4.69, 9.17) is 0 Å². The van der Waals surface area contributed by atoms with Crippen LogP contribution in [0.3, 0.4) is 0 Å². The molecule has 0 aliphatic carbocycles. The van der Waals surface area contributed by atoms with E-state index in [0.717, 1.165) is 17.1 Å². The maximum absolute atomic E-state index is 12.3. The van der Waals surface area contributed by atoms with Crippen molar-refractivity contribution < 1.29 is 9.72 Å². The number of hydrogen-bond acceptors (Lipinski definition) is 4. The Morgan fingerprint density at radius 2 is 1.69 bits per heavy atom. The lowest BCUT2D eigenvalue weighted by atomic mass is 10.2. The lowest BCUT2D eigenvalue weighted by Crippen LogP contribution is -2.12. The van der Waals surface area contributed by atoms with Gasteiger partial charge in [-0.3, -0.25) is 14.9 Å². The van der Waals surface area contributed by atoms with Gasteiger partial charge in [-0.05, 0) is 56.3 Å². The summed E-state index contributed by atoms with van der Waals surface area (Å²) in [7, 11) is 0. The highest BCUT2D eigenvalue weighted by Gasteiger charge is 2.10. The number of anilines is 1. The average molecular weight is 373 g/mol. The van der Waals surface area contributed by atoms with Gasteiger partial charge in [0.25, 0.3) is 11.6 Å². The van der Waals surface area contributed by atoms with Crippen molar-refractivity contribution in [1.29, 1.82) is 0 Å². The van der Waals surface area contributed by atoms with Gasteiger partial charge in [0.05, 0.1) is 16.3 Å². The summed E-state index contributed by atoms with van der Waals surface area (Å²) in [6.07, 6.45) is 0. The number of nitrogens with one attached hydrogen (secondary N) is 1. The summed E-state index contributed by atoms with van der Waals surface area (Å²) in [5, 5.41) is 17.8. The standard InChI is InChI=1S/C18H16N4O3.ClH/c1-12-11-13(2)21(20-12)16-7-3-14(4-8-16)18(23)19-15-5-9-17(10-6-15)22(24)25;/h3-11H,1-2H3,(H,19,23);1H. The normalized spacial score (nSPS) is 10.1. The average Bonchev–Trinajstić information content (AvgIpc) is 2.94. The topological polar surface area (TPSA) is 90.1 Å². The summed E-state index contributed by atoms with van der Waals surface area (Å²) >= 11 is 0. The molecule has 0 bridgehead atoms. The van der Waals surface area contributed by atoms with E-state index in [2.05, 4.69) is 10.4 Å². The molecule has 1 amide bonds. The molecule has 26 heavy (non-hydrogen) atoms. The van der Waals surface area contributed by atoms with Crippen molar-refractivity contribution in [3.8, 4) is 5.69 Å². The van der Waals surface area contributed by atoms with Crippen LogP contribution in [0.25, 0.3) is 5.69 Å². The lowest BCUT2D eigenvalue weighted by Gasteiger charge is -2.07. The van der Waals surface area contributed by atoms with Gasteiger partial charge in [-0.25, -0.2) is 4.68 Å². The molecule has 1 N–H and O–H groups in total. The predicted octanol–water partition coefficient (Wildman–Crippen LogP) is 4.07. The maximum atomic E-state index is 12.3. The van der Waals surface area contributed by atoms with Gasteiger partial charge in [-0.2, -0.15) is 5.10 Å². The van der Waals surface area contributed by atoms with Crippen LogP contribution in [0.1, 0.15) is 21.7 Å². The number of benzene rings is 2. The number of amides is 1. The molecule has 3 aromatic rings. The molecule has 1 aromatic heterocycles. The fourth-order valence-corrected chi connectivity index (χ4v) is 2.51. The van der Waals surface area contributed by atoms with E-state index in [1.54, 1.807) is 12.1 Å². The van der Waals surface area contributed by atoms with E-state index in [0.29, 0.717) is 11.3 Å². The molecule has 2 aromatic carbocycles. The zero-order valence-electron chi connectivity index (χ0n) is 14.2. The number of non-ortho nitro benzene ring substituents is 1. The second kappa shape index (κ2) is 7.79. The SMILES string of the molecule is Cc1cc(C)n(-c2ccc(C(=O)Nc3ccc([N+](=O)[O-])cc3)cc2)n1.Cl. The van der Waals surface area contributed by atoms with Crippen molar-refractivity contribution in [2.75, 3.05) is 5.32 Å². The first-order valence-electron chi connectivity index (χ1n) is 7.63. The Hall–Kier alpha value is -3.19. The molecule has 8 heteroatoms. The summed E-state index contributed by atoms with van der Waals surface area (Å²) in [5.41, 5.74) is 3.78. The van der Waals surface area contributed by atoms with E-state index < -0.39 is 4.92 Å². The molecular formula is C18H17ClN4O3. The van der Waals surface area contributed by atoms with Crippen LogP contribution in [0.2, 0.25) is 0 Å². The Morgan fingerprint density at radius 1 is 1.08 bits per heavy atom. The van der Waals surface area contributed by atoms with Crippen LogP contribution in [-0.4, -0.2) is 20.6 Å². The molecule has 0 aliphatic rings. The molecule has 0 spiro atoms. The van der Waals surface area contributed by atoms with Crippen LogP contribution < -0.4 is 5.32 Å². The van der Waals surface area contributed by atoms with Crippen molar-refractivity contribution in [1.82, 2.24) is 9.78 Å². The van der Waals surface area contributed by atoms with E-state index in [9.17, 15) is 14.9 Å². The Kier molecular flexibility index (Phi) is 5.74. The largest absolute Gasteiger partial charge is 0.322 e. The number of rotatable bonds is 4. The molecule has 7 nitrogen and oxygen atoms in total. The highest BCUT2D eigenvalue weighted by molar-refractivity contribution is 6.04. The molecule has 0 aliphatic heterocycles. The van der Waals surface area contributed by atoms with E-state index >= 15 is 0 Å². The fourth-order valence-electron chi connectivity index (χ4n) is 2.51. The number of nitrogens with zero attached hydrogens (tertiary/aromatic N) is 3. The van der Waals surface area contributed by atoms with Crippen LogP contribution in [0.15, 0.2) is 54.6 Å². The molecule has 134 valence electrons. The minimum absolute atomic E-state index is 0. The van der Waals surface area contributed by atoms with Gasteiger partial charge in [0.15, 0.2) is 0 Å². The van der Waals surface area contributed by atoms with Crippen molar-refractivity contribution in [3.63, 3.8) is 0 Å². The van der Waals surface area contributed by atoms with Crippen LogP contribution in [0.5, 0.6) is 0 Å². The Bertz CT molecular complexity index is 934. The number of carbonyl (C=O) groups excluding carboxylic acids is 1. The third-order valence-electron chi connectivity index (χ3n) is 3.72. The number of aromatic nitrogens is 2. The van der Waals surface area contributed by atoms with Crippen molar-refractivity contribution in [2.45, 2.75) is 13.8 Å². The number of nitro benzene ring substituents is 1. The highest BCUT2D eigenvalue weighted by Crippen LogP contribution is 2.17. The second-order valence-corrected chi connectivity index (χ2v) is 5.64. The molecule has 3 rings (SSSR count). The monoisotopic (exact) mass is 372 g/mol. The molecule has 0 saturated carbocycles. The van der Waals surface area contributed by atoms with E-state index in [1.807, 2.05) is 36.7 Å². The molecule has 0 atom stereocenters. The van der Waals surface area contributed by atoms with Gasteiger partial charge in [-0.1, -0.05) is 0 Å². The number of carbonyl (C=O) groups is 1. The van der Waals surface area contributed by atoms with Gasteiger partial charge < -0.3 is 5.32 Å². The number of aryl methyl sites for hydroxylation is 2. The maximum Gasteiger partial charge on any atom is 0.269 e. The first kappa shape index (κ1) is 19.1.